The van der Waals surface area contributed by atoms with Crippen LogP contribution in [0.5, 0.6) is 0 Å². The molecular formula is C12H16N2O3S2. The van der Waals surface area contributed by atoms with Crippen LogP contribution < -0.4 is 4.72 Å². The average Bonchev–Trinajstić information content (AvgIpc) is 2.59. The first-order valence-electron chi connectivity index (χ1n) is 5.90. The van der Waals surface area contributed by atoms with E-state index in [4.69, 9.17) is 0 Å². The summed E-state index contributed by atoms with van der Waals surface area (Å²) in [6.45, 7) is 1.88. The third-order valence-electron chi connectivity index (χ3n) is 2.84. The summed E-state index contributed by atoms with van der Waals surface area (Å²) in [5.74, 6) is 0.941. The Morgan fingerprint density at radius 3 is 2.74 bits per heavy atom. The Labute approximate surface area is 115 Å². The maximum atomic E-state index is 11.9. The van der Waals surface area contributed by atoms with E-state index in [0.717, 1.165) is 0 Å². The zero-order valence-electron chi connectivity index (χ0n) is 10.8. The summed E-state index contributed by atoms with van der Waals surface area (Å²) in [6.07, 6.45) is 2.31. The van der Waals surface area contributed by atoms with Gasteiger partial charge in [0.15, 0.2) is 0 Å². The molecule has 0 saturated heterocycles. The number of hydrogen-bond donors (Lipinski definition) is 1. The van der Waals surface area contributed by atoms with Gasteiger partial charge in [-0.25, -0.2) is 8.42 Å². The van der Waals surface area contributed by atoms with Crippen molar-refractivity contribution in [3.63, 3.8) is 0 Å². The molecule has 0 amide bonds. The molecule has 19 heavy (non-hydrogen) atoms. The lowest BCUT2D eigenvalue weighted by Crippen LogP contribution is -2.24. The zero-order valence-corrected chi connectivity index (χ0v) is 12.4. The second-order valence-corrected chi connectivity index (χ2v) is 7.70. The molecule has 2 atom stereocenters. The quantitative estimate of drug-likeness (QED) is 0.897. The van der Waals surface area contributed by atoms with Crippen LogP contribution in [0.4, 0.5) is 0 Å². The molecular weight excluding hydrogens is 284 g/mol. The number of nitrogens with zero attached hydrogens (tertiary/aromatic N) is 1. The van der Waals surface area contributed by atoms with Crippen molar-refractivity contribution in [2.45, 2.75) is 24.3 Å². The van der Waals surface area contributed by atoms with Gasteiger partial charge >= 0.3 is 0 Å². The van der Waals surface area contributed by atoms with Crippen LogP contribution in [0.2, 0.25) is 0 Å². The largest absolute Gasteiger partial charge is 0.264 e. The third kappa shape index (κ3) is 3.22. The van der Waals surface area contributed by atoms with E-state index in [1.165, 1.54) is 0 Å². The van der Waals surface area contributed by atoms with E-state index in [2.05, 4.69) is 9.71 Å². The summed E-state index contributed by atoms with van der Waals surface area (Å²) in [5.41, 5.74) is 0.604. The van der Waals surface area contributed by atoms with Gasteiger partial charge in [0.1, 0.15) is 5.84 Å². The Morgan fingerprint density at radius 2 is 2.05 bits per heavy atom. The molecule has 0 spiro atoms. The second-order valence-electron chi connectivity index (χ2n) is 4.49. The van der Waals surface area contributed by atoms with Crippen LogP contribution in [-0.4, -0.2) is 36.5 Å². The van der Waals surface area contributed by atoms with Crippen molar-refractivity contribution < 1.29 is 12.6 Å². The Hall–Kier alpha value is -1.21. The second kappa shape index (κ2) is 5.42. The number of aliphatic imine (C=N–C) groups is 1. The van der Waals surface area contributed by atoms with E-state index in [9.17, 15) is 12.6 Å². The summed E-state index contributed by atoms with van der Waals surface area (Å²) in [6, 6.07) is 6.68. The van der Waals surface area contributed by atoms with Crippen molar-refractivity contribution in [1.82, 2.24) is 4.72 Å². The van der Waals surface area contributed by atoms with Crippen LogP contribution >= 0.6 is 0 Å². The Morgan fingerprint density at radius 1 is 1.37 bits per heavy atom. The summed E-state index contributed by atoms with van der Waals surface area (Å²) >= 11 is 0. The van der Waals surface area contributed by atoms with Crippen LogP contribution in [0.15, 0.2) is 34.2 Å². The van der Waals surface area contributed by atoms with Gasteiger partial charge in [-0.2, -0.15) is 0 Å². The molecule has 2 rings (SSSR count). The predicted molar refractivity (Wildman–Crippen MR) is 76.3 cm³/mol. The first-order valence-corrected chi connectivity index (χ1v) is 9.11. The molecule has 0 aliphatic carbocycles. The van der Waals surface area contributed by atoms with Crippen molar-refractivity contribution in [2.24, 2.45) is 4.99 Å². The highest BCUT2D eigenvalue weighted by atomic mass is 32.2. The summed E-state index contributed by atoms with van der Waals surface area (Å²) in [5, 5.41) is 0. The molecule has 0 bridgehead atoms. The first-order chi connectivity index (χ1) is 8.90. The van der Waals surface area contributed by atoms with Crippen LogP contribution in [0, 0.1) is 0 Å². The van der Waals surface area contributed by atoms with Gasteiger partial charge in [-0.05, 0) is 25.5 Å². The van der Waals surface area contributed by atoms with E-state index in [0.29, 0.717) is 23.6 Å². The topological polar surface area (TPSA) is 75.6 Å². The lowest BCUT2D eigenvalue weighted by Gasteiger charge is -2.06. The van der Waals surface area contributed by atoms with Crippen LogP contribution in [0.1, 0.15) is 18.9 Å². The molecule has 104 valence electrons. The number of nitrogens with one attached hydrogen (secondary N) is 1. The van der Waals surface area contributed by atoms with Gasteiger partial charge in [0.25, 0.3) is 10.0 Å². The highest BCUT2D eigenvalue weighted by molar-refractivity contribution is 7.90. The first kappa shape index (κ1) is 14.2. The van der Waals surface area contributed by atoms with E-state index >= 15 is 0 Å². The molecule has 5 nitrogen and oxygen atoms in total. The summed E-state index contributed by atoms with van der Waals surface area (Å²) in [4.78, 5) is 4.64. The summed E-state index contributed by atoms with van der Waals surface area (Å²) < 4.78 is 37.2. The number of fused-ring (bicyclic) bond motifs is 1. The molecule has 1 aliphatic rings. The molecule has 0 fully saturated rings. The maximum absolute atomic E-state index is 11.9. The summed E-state index contributed by atoms with van der Waals surface area (Å²) in [7, 11) is -4.33. The molecule has 1 aromatic rings. The van der Waals surface area contributed by atoms with Gasteiger partial charge < -0.3 is 0 Å². The van der Waals surface area contributed by atoms with E-state index in [1.54, 1.807) is 30.5 Å². The van der Waals surface area contributed by atoms with Gasteiger partial charge in [0.05, 0.1) is 10.9 Å². The highest BCUT2D eigenvalue weighted by Crippen LogP contribution is 2.22. The number of hydrogen-bond acceptors (Lipinski definition) is 4. The standard InChI is InChI=1S/C12H16N2O3S2/c1-9(7-8-18(2)15)13-12-10-5-3-4-6-11(10)19(16,17)14-12/h3-6,9H,7-8H2,1-2H3,(H,13,14). The fourth-order valence-electron chi connectivity index (χ4n) is 1.85. The van der Waals surface area contributed by atoms with Gasteiger partial charge in [-0.3, -0.25) is 13.9 Å². The fraction of sp³-hybridized carbons (Fsp3) is 0.417. The van der Waals surface area contributed by atoms with Gasteiger partial charge in [0.2, 0.25) is 0 Å². The van der Waals surface area contributed by atoms with Crippen molar-refractivity contribution in [2.75, 3.05) is 12.0 Å². The lowest BCUT2D eigenvalue weighted by molar-refractivity contribution is 0.595. The highest BCUT2D eigenvalue weighted by Gasteiger charge is 2.30. The fourth-order valence-corrected chi connectivity index (χ4v) is 3.76. The predicted octanol–water partition coefficient (Wildman–Crippen LogP) is 0.882. The molecule has 0 radical (unpaired) electrons. The minimum Gasteiger partial charge on any atom is -0.264 e. The SMILES string of the molecule is CC(CCS(C)=O)N=C1NS(=O)(=O)c2ccccc21. The third-order valence-corrected chi connectivity index (χ3v) is 5.04. The maximum Gasteiger partial charge on any atom is 0.263 e. The van der Waals surface area contributed by atoms with Gasteiger partial charge in [-0.15, -0.1) is 0 Å². The van der Waals surface area contributed by atoms with Gasteiger partial charge in [-0.1, -0.05) is 12.1 Å². The molecule has 1 aliphatic heterocycles. The van der Waals surface area contributed by atoms with Crippen LogP contribution in [-0.2, 0) is 20.8 Å². The monoisotopic (exact) mass is 300 g/mol. The number of rotatable bonds is 4. The molecule has 1 N–H and O–H groups in total. The van der Waals surface area contributed by atoms with E-state index in [1.807, 2.05) is 6.92 Å². The van der Waals surface area contributed by atoms with E-state index in [-0.39, 0.29) is 10.9 Å². The van der Waals surface area contributed by atoms with Crippen molar-refractivity contribution in [3.8, 4) is 0 Å². The zero-order chi connectivity index (χ0) is 14.0. The molecule has 2 unspecified atom stereocenters. The van der Waals surface area contributed by atoms with Crippen LogP contribution in [0.3, 0.4) is 0 Å². The van der Waals surface area contributed by atoms with Crippen molar-refractivity contribution >= 4 is 26.7 Å². The Balaban J connectivity index is 2.26. The van der Waals surface area contributed by atoms with Crippen molar-refractivity contribution in [3.05, 3.63) is 29.8 Å². The minimum atomic E-state index is -3.47. The number of benzene rings is 1. The number of amidine groups is 1. The smallest absolute Gasteiger partial charge is 0.263 e. The lowest BCUT2D eigenvalue weighted by atomic mass is 10.2. The molecule has 0 saturated carbocycles. The van der Waals surface area contributed by atoms with Crippen LogP contribution in [0.25, 0.3) is 0 Å². The molecule has 7 heteroatoms. The normalized spacial score (nSPS) is 21.7. The van der Waals surface area contributed by atoms with Crippen molar-refractivity contribution in [1.29, 1.82) is 0 Å². The number of sulfonamides is 1. The van der Waals surface area contributed by atoms with E-state index < -0.39 is 20.8 Å². The molecule has 1 aromatic carbocycles. The minimum absolute atomic E-state index is 0.0762. The molecule has 0 aromatic heterocycles. The Kier molecular flexibility index (Phi) is 4.05. The molecule has 1 heterocycles. The Bertz CT molecular complexity index is 638. The van der Waals surface area contributed by atoms with Gasteiger partial charge in [0, 0.05) is 28.4 Å². The average molecular weight is 300 g/mol.